The van der Waals surface area contributed by atoms with Crippen molar-refractivity contribution in [2.45, 2.75) is 13.0 Å². The highest BCUT2D eigenvalue weighted by Gasteiger charge is 2.20. The summed E-state index contributed by atoms with van der Waals surface area (Å²) in [6.07, 6.45) is 1.62. The zero-order valence-electron chi connectivity index (χ0n) is 13.0. The van der Waals surface area contributed by atoms with Crippen LogP contribution in [-0.4, -0.2) is 32.2 Å². The lowest BCUT2D eigenvalue weighted by Gasteiger charge is -2.14. The maximum absolute atomic E-state index is 12.1. The summed E-state index contributed by atoms with van der Waals surface area (Å²) < 4.78 is 20.1. The molecule has 122 valence electrons. The molecule has 0 fully saturated rings. The van der Waals surface area contributed by atoms with Crippen molar-refractivity contribution in [3.63, 3.8) is 0 Å². The molecule has 0 aliphatic heterocycles. The zero-order chi connectivity index (χ0) is 16.8. The Morgan fingerprint density at radius 2 is 1.78 bits per heavy atom. The van der Waals surface area contributed by atoms with Gasteiger partial charge in [0.1, 0.15) is 17.8 Å². The number of nitrogens with one attached hydrogen (secondary N) is 1. The van der Waals surface area contributed by atoms with Crippen LogP contribution < -0.4 is 14.8 Å². The van der Waals surface area contributed by atoms with Crippen LogP contribution in [0.2, 0.25) is 0 Å². The minimum atomic E-state index is -0.977. The van der Waals surface area contributed by atoms with Crippen LogP contribution in [0, 0.1) is 0 Å². The Balaban J connectivity index is 2.02. The Kier molecular flexibility index (Phi) is 5.24. The van der Waals surface area contributed by atoms with E-state index in [2.05, 4.69) is 5.32 Å². The fourth-order valence-corrected chi connectivity index (χ4v) is 1.79. The van der Waals surface area contributed by atoms with E-state index in [-0.39, 0.29) is 5.56 Å². The van der Waals surface area contributed by atoms with Crippen molar-refractivity contribution in [2.75, 3.05) is 19.5 Å². The number of anilines is 1. The van der Waals surface area contributed by atoms with Crippen LogP contribution in [0.3, 0.4) is 0 Å². The fourth-order valence-electron chi connectivity index (χ4n) is 1.79. The molecule has 0 saturated heterocycles. The molecule has 0 spiro atoms. The number of carbonyl (C=O) groups excluding carboxylic acids is 2. The Bertz CT molecular complexity index is 658. The lowest BCUT2D eigenvalue weighted by Crippen LogP contribution is -2.29. The fraction of sp³-hybridized carbons (Fsp3) is 0.250. The first-order chi connectivity index (χ1) is 11.0. The van der Waals surface area contributed by atoms with Gasteiger partial charge in [-0.15, -0.1) is 0 Å². The van der Waals surface area contributed by atoms with Crippen molar-refractivity contribution in [3.8, 4) is 11.5 Å². The molecule has 1 heterocycles. The summed E-state index contributed by atoms with van der Waals surface area (Å²) in [5.74, 6) is -0.0489. The molecule has 2 rings (SSSR count). The van der Waals surface area contributed by atoms with Gasteiger partial charge in [0.2, 0.25) is 0 Å². The number of esters is 1. The normalized spacial score (nSPS) is 11.4. The van der Waals surface area contributed by atoms with Gasteiger partial charge in [-0.05, 0) is 13.0 Å². The first kappa shape index (κ1) is 16.4. The van der Waals surface area contributed by atoms with E-state index in [1.54, 1.807) is 18.2 Å². The molecule has 1 amide bonds. The van der Waals surface area contributed by atoms with Gasteiger partial charge in [0.15, 0.2) is 6.10 Å². The van der Waals surface area contributed by atoms with Crippen LogP contribution in [-0.2, 0) is 9.53 Å². The maximum Gasteiger partial charge on any atom is 0.342 e. The monoisotopic (exact) mass is 319 g/mol. The zero-order valence-corrected chi connectivity index (χ0v) is 13.0. The molecule has 2 aromatic rings. The predicted molar refractivity (Wildman–Crippen MR) is 81.8 cm³/mol. The van der Waals surface area contributed by atoms with Gasteiger partial charge in [-0.3, -0.25) is 4.79 Å². The molecule has 0 saturated carbocycles. The second kappa shape index (κ2) is 7.35. The highest BCUT2D eigenvalue weighted by molar-refractivity contribution is 5.97. The molecule has 7 heteroatoms. The van der Waals surface area contributed by atoms with Crippen LogP contribution in [0.1, 0.15) is 17.3 Å². The molecule has 0 radical (unpaired) electrons. The number of carbonyl (C=O) groups is 2. The van der Waals surface area contributed by atoms with Crippen LogP contribution in [0.4, 0.5) is 5.69 Å². The first-order valence-electron chi connectivity index (χ1n) is 6.80. The molecule has 23 heavy (non-hydrogen) atoms. The third kappa shape index (κ3) is 4.26. The number of hydrogen-bond acceptors (Lipinski definition) is 6. The summed E-state index contributed by atoms with van der Waals surface area (Å²) in [6.45, 7) is 1.48. The topological polar surface area (TPSA) is 87.0 Å². The van der Waals surface area contributed by atoms with E-state index in [0.717, 1.165) is 0 Å². The Morgan fingerprint density at radius 1 is 1.13 bits per heavy atom. The quantitative estimate of drug-likeness (QED) is 0.823. The van der Waals surface area contributed by atoms with Gasteiger partial charge in [-0.25, -0.2) is 4.79 Å². The Labute approximate surface area is 133 Å². The molecule has 1 unspecified atom stereocenters. The lowest BCUT2D eigenvalue weighted by molar-refractivity contribution is -0.123. The Hall–Kier alpha value is -2.96. The molecule has 1 aromatic carbocycles. The molecule has 7 nitrogen and oxygen atoms in total. The van der Waals surface area contributed by atoms with Crippen LogP contribution >= 0.6 is 0 Å². The first-order valence-corrected chi connectivity index (χ1v) is 6.80. The highest BCUT2D eigenvalue weighted by Crippen LogP contribution is 2.25. The molecular weight excluding hydrogens is 302 g/mol. The molecular formula is C16H17NO6. The van der Waals surface area contributed by atoms with Gasteiger partial charge in [0.05, 0.1) is 26.0 Å². The minimum Gasteiger partial charge on any atom is -0.497 e. The SMILES string of the molecule is COc1cc(NC(=O)C(C)OC(=O)c2ccoc2)cc(OC)c1. The summed E-state index contributed by atoms with van der Waals surface area (Å²) in [6, 6.07) is 6.40. The lowest BCUT2D eigenvalue weighted by atomic mass is 10.2. The number of furan rings is 1. The van der Waals surface area contributed by atoms with E-state index in [0.29, 0.717) is 17.2 Å². The summed E-state index contributed by atoms with van der Waals surface area (Å²) in [5, 5.41) is 2.64. The van der Waals surface area contributed by atoms with E-state index in [9.17, 15) is 9.59 Å². The minimum absolute atomic E-state index is 0.243. The van der Waals surface area contributed by atoms with Gasteiger partial charge >= 0.3 is 5.97 Å². The van der Waals surface area contributed by atoms with Gasteiger partial charge in [0.25, 0.3) is 5.91 Å². The molecule has 0 aliphatic carbocycles. The third-order valence-corrected chi connectivity index (χ3v) is 3.03. The van der Waals surface area contributed by atoms with Crippen molar-refractivity contribution < 1.29 is 28.2 Å². The number of benzene rings is 1. The number of ether oxygens (including phenoxy) is 3. The largest absolute Gasteiger partial charge is 0.497 e. The number of rotatable bonds is 6. The van der Waals surface area contributed by atoms with E-state index >= 15 is 0 Å². The van der Waals surface area contributed by atoms with Gasteiger partial charge in [-0.1, -0.05) is 0 Å². The molecule has 0 bridgehead atoms. The van der Waals surface area contributed by atoms with Crippen molar-refractivity contribution in [2.24, 2.45) is 0 Å². The van der Waals surface area contributed by atoms with Crippen molar-refractivity contribution in [1.29, 1.82) is 0 Å². The average Bonchev–Trinajstić information content (AvgIpc) is 3.08. The van der Waals surface area contributed by atoms with E-state index in [4.69, 9.17) is 18.6 Å². The maximum atomic E-state index is 12.1. The highest BCUT2D eigenvalue weighted by atomic mass is 16.5. The second-order valence-electron chi connectivity index (χ2n) is 4.65. The van der Waals surface area contributed by atoms with Crippen molar-refractivity contribution in [3.05, 3.63) is 42.4 Å². The number of hydrogen-bond donors (Lipinski definition) is 1. The van der Waals surface area contributed by atoms with E-state index < -0.39 is 18.0 Å². The van der Waals surface area contributed by atoms with Crippen LogP contribution in [0.15, 0.2) is 41.2 Å². The molecule has 1 N–H and O–H groups in total. The molecule has 1 atom stereocenters. The van der Waals surface area contributed by atoms with Crippen LogP contribution in [0.25, 0.3) is 0 Å². The van der Waals surface area contributed by atoms with Gasteiger partial charge in [0, 0.05) is 23.9 Å². The van der Waals surface area contributed by atoms with Gasteiger partial charge in [-0.2, -0.15) is 0 Å². The number of methoxy groups -OCH3 is 2. The Morgan fingerprint density at radius 3 is 2.30 bits per heavy atom. The summed E-state index contributed by atoms with van der Waals surface area (Å²) in [5.41, 5.74) is 0.713. The summed E-state index contributed by atoms with van der Waals surface area (Å²) >= 11 is 0. The second-order valence-corrected chi connectivity index (χ2v) is 4.65. The smallest absolute Gasteiger partial charge is 0.342 e. The summed E-state index contributed by atoms with van der Waals surface area (Å²) in [4.78, 5) is 23.9. The summed E-state index contributed by atoms with van der Waals surface area (Å²) in [7, 11) is 3.02. The number of amides is 1. The van der Waals surface area contributed by atoms with E-state index in [1.165, 1.54) is 39.7 Å². The predicted octanol–water partition coefficient (Wildman–Crippen LogP) is 2.48. The van der Waals surface area contributed by atoms with E-state index in [1.807, 2.05) is 0 Å². The van der Waals surface area contributed by atoms with Gasteiger partial charge < -0.3 is 23.9 Å². The third-order valence-electron chi connectivity index (χ3n) is 3.03. The average molecular weight is 319 g/mol. The van der Waals surface area contributed by atoms with Crippen molar-refractivity contribution in [1.82, 2.24) is 0 Å². The van der Waals surface area contributed by atoms with Crippen molar-refractivity contribution >= 4 is 17.6 Å². The molecule has 0 aliphatic rings. The standard InChI is InChI=1S/C16H17NO6/c1-10(23-16(19)11-4-5-22-9-11)15(18)17-12-6-13(20-2)8-14(7-12)21-3/h4-10H,1-3H3,(H,17,18). The van der Waals surface area contributed by atoms with Crippen LogP contribution in [0.5, 0.6) is 11.5 Å². The molecule has 1 aromatic heterocycles.